The van der Waals surface area contributed by atoms with Crippen LogP contribution in [0.25, 0.3) is 0 Å². The van der Waals surface area contributed by atoms with Crippen molar-refractivity contribution < 1.29 is 0 Å². The van der Waals surface area contributed by atoms with Gasteiger partial charge in [0.25, 0.3) is 0 Å². The molecule has 0 aliphatic heterocycles. The van der Waals surface area contributed by atoms with Crippen LogP contribution >= 0.6 is 0 Å². The van der Waals surface area contributed by atoms with Crippen LogP contribution in [-0.4, -0.2) is 37.6 Å². The molecule has 2 rings (SSSR count). The third-order valence-electron chi connectivity index (χ3n) is 5.83. The van der Waals surface area contributed by atoms with Gasteiger partial charge in [-0.25, -0.2) is 0 Å². The number of hydrogen-bond donors (Lipinski definition) is 1. The molecule has 2 fully saturated rings. The van der Waals surface area contributed by atoms with Crippen molar-refractivity contribution in [2.75, 3.05) is 26.7 Å². The predicted molar refractivity (Wildman–Crippen MR) is 92.7 cm³/mol. The standard InChI is InChI=1S/C19H38N2/c1-16(2)13-20-14-19(10-5-6-11-19)15-21(4)18-9-7-8-17(3)12-18/h16-18,20H,5-15H2,1-4H3. The highest BCUT2D eigenvalue weighted by Crippen LogP contribution is 2.39. The highest BCUT2D eigenvalue weighted by molar-refractivity contribution is 4.91. The van der Waals surface area contributed by atoms with Crippen molar-refractivity contribution in [1.29, 1.82) is 0 Å². The van der Waals surface area contributed by atoms with E-state index in [1.54, 1.807) is 0 Å². The third-order valence-corrected chi connectivity index (χ3v) is 5.83. The van der Waals surface area contributed by atoms with Crippen LogP contribution in [0.2, 0.25) is 0 Å². The van der Waals surface area contributed by atoms with Gasteiger partial charge in [0, 0.05) is 19.1 Å². The molecule has 2 atom stereocenters. The molecule has 2 nitrogen and oxygen atoms in total. The molecule has 0 radical (unpaired) electrons. The van der Waals surface area contributed by atoms with Gasteiger partial charge in [0.1, 0.15) is 0 Å². The summed E-state index contributed by atoms with van der Waals surface area (Å²) in [7, 11) is 2.39. The fourth-order valence-electron chi connectivity index (χ4n) is 4.60. The normalized spacial score (nSPS) is 29.4. The molecule has 0 aromatic rings. The number of hydrogen-bond acceptors (Lipinski definition) is 2. The molecule has 2 aliphatic rings. The highest BCUT2D eigenvalue weighted by atomic mass is 15.1. The van der Waals surface area contributed by atoms with Gasteiger partial charge in [0.15, 0.2) is 0 Å². The Hall–Kier alpha value is -0.0800. The minimum Gasteiger partial charge on any atom is -0.316 e. The molecule has 0 aromatic carbocycles. The molecule has 0 saturated heterocycles. The van der Waals surface area contributed by atoms with Gasteiger partial charge in [0.05, 0.1) is 0 Å². The molecule has 2 aliphatic carbocycles. The lowest BCUT2D eigenvalue weighted by atomic mass is 9.82. The average molecular weight is 295 g/mol. The van der Waals surface area contributed by atoms with Crippen LogP contribution in [0.4, 0.5) is 0 Å². The van der Waals surface area contributed by atoms with Gasteiger partial charge in [-0.3, -0.25) is 0 Å². The zero-order valence-electron chi connectivity index (χ0n) is 15.0. The Morgan fingerprint density at radius 1 is 1.14 bits per heavy atom. The first-order valence-corrected chi connectivity index (χ1v) is 9.42. The topological polar surface area (TPSA) is 15.3 Å². The summed E-state index contributed by atoms with van der Waals surface area (Å²) < 4.78 is 0. The third kappa shape index (κ3) is 5.25. The summed E-state index contributed by atoms with van der Waals surface area (Å²) in [5, 5.41) is 3.76. The van der Waals surface area contributed by atoms with Gasteiger partial charge < -0.3 is 10.2 Å². The second-order valence-corrected chi connectivity index (χ2v) is 8.57. The SMILES string of the molecule is CC(C)CNCC1(CN(C)C2CCCC(C)C2)CCCC1. The van der Waals surface area contributed by atoms with E-state index >= 15 is 0 Å². The van der Waals surface area contributed by atoms with Crippen molar-refractivity contribution in [1.82, 2.24) is 10.2 Å². The van der Waals surface area contributed by atoms with Crippen LogP contribution in [0.15, 0.2) is 0 Å². The fraction of sp³-hybridized carbons (Fsp3) is 1.00. The molecule has 124 valence electrons. The van der Waals surface area contributed by atoms with Crippen molar-refractivity contribution in [3.8, 4) is 0 Å². The first-order valence-electron chi connectivity index (χ1n) is 9.42. The van der Waals surface area contributed by atoms with Crippen LogP contribution in [0, 0.1) is 17.3 Å². The van der Waals surface area contributed by atoms with E-state index in [2.05, 4.69) is 38.0 Å². The molecule has 0 aromatic heterocycles. The summed E-state index contributed by atoms with van der Waals surface area (Å²) in [6.07, 6.45) is 11.5. The Balaban J connectivity index is 1.86. The van der Waals surface area contributed by atoms with Gasteiger partial charge in [0.2, 0.25) is 0 Å². The lowest BCUT2D eigenvalue weighted by Crippen LogP contribution is -2.46. The molecular formula is C19H38N2. The van der Waals surface area contributed by atoms with E-state index in [1.807, 2.05) is 0 Å². The van der Waals surface area contributed by atoms with E-state index in [1.165, 1.54) is 71.0 Å². The van der Waals surface area contributed by atoms with E-state index in [0.717, 1.165) is 17.9 Å². The second kappa shape index (κ2) is 7.97. The monoisotopic (exact) mass is 294 g/mol. The smallest absolute Gasteiger partial charge is 0.00949 e. The number of rotatable bonds is 7. The second-order valence-electron chi connectivity index (χ2n) is 8.57. The Bertz CT molecular complexity index is 294. The van der Waals surface area contributed by atoms with Crippen LogP contribution in [-0.2, 0) is 0 Å². The van der Waals surface area contributed by atoms with Gasteiger partial charge in [-0.15, -0.1) is 0 Å². The van der Waals surface area contributed by atoms with Gasteiger partial charge in [-0.05, 0) is 56.5 Å². The van der Waals surface area contributed by atoms with Gasteiger partial charge >= 0.3 is 0 Å². The van der Waals surface area contributed by atoms with Crippen molar-refractivity contribution >= 4 is 0 Å². The molecule has 21 heavy (non-hydrogen) atoms. The fourth-order valence-corrected chi connectivity index (χ4v) is 4.60. The Labute approximate surface area is 133 Å². The summed E-state index contributed by atoms with van der Waals surface area (Å²) >= 11 is 0. The molecular weight excluding hydrogens is 256 g/mol. The minimum absolute atomic E-state index is 0.560. The largest absolute Gasteiger partial charge is 0.316 e. The maximum atomic E-state index is 3.76. The Kier molecular flexibility index (Phi) is 6.55. The molecule has 0 spiro atoms. The van der Waals surface area contributed by atoms with Crippen LogP contribution < -0.4 is 5.32 Å². The molecule has 0 heterocycles. The molecule has 2 saturated carbocycles. The van der Waals surface area contributed by atoms with Crippen molar-refractivity contribution in [3.63, 3.8) is 0 Å². The van der Waals surface area contributed by atoms with E-state index < -0.39 is 0 Å². The van der Waals surface area contributed by atoms with E-state index in [4.69, 9.17) is 0 Å². The molecule has 0 amide bonds. The van der Waals surface area contributed by atoms with Gasteiger partial charge in [-0.2, -0.15) is 0 Å². The van der Waals surface area contributed by atoms with E-state index in [9.17, 15) is 0 Å². The Morgan fingerprint density at radius 3 is 2.48 bits per heavy atom. The maximum Gasteiger partial charge on any atom is 0.00949 e. The van der Waals surface area contributed by atoms with Crippen LogP contribution in [0.5, 0.6) is 0 Å². The maximum absolute atomic E-state index is 3.76. The number of nitrogens with one attached hydrogen (secondary N) is 1. The van der Waals surface area contributed by atoms with Crippen molar-refractivity contribution in [2.24, 2.45) is 17.3 Å². The zero-order valence-corrected chi connectivity index (χ0v) is 15.0. The number of nitrogens with zero attached hydrogens (tertiary/aromatic N) is 1. The summed E-state index contributed by atoms with van der Waals surface area (Å²) in [5.74, 6) is 1.70. The lowest BCUT2D eigenvalue weighted by Gasteiger charge is -2.40. The Morgan fingerprint density at radius 2 is 1.86 bits per heavy atom. The first kappa shape index (κ1) is 17.3. The predicted octanol–water partition coefficient (Wildman–Crippen LogP) is 4.30. The first-order chi connectivity index (χ1) is 10.0. The molecule has 0 bridgehead atoms. The summed E-state index contributed by atoms with van der Waals surface area (Å²) in [6.45, 7) is 10.8. The molecule has 2 unspecified atom stereocenters. The van der Waals surface area contributed by atoms with Gasteiger partial charge in [-0.1, -0.05) is 46.5 Å². The van der Waals surface area contributed by atoms with Crippen LogP contribution in [0.3, 0.4) is 0 Å². The zero-order chi connectivity index (χ0) is 15.3. The van der Waals surface area contributed by atoms with E-state index in [-0.39, 0.29) is 0 Å². The van der Waals surface area contributed by atoms with E-state index in [0.29, 0.717) is 5.41 Å². The summed E-state index contributed by atoms with van der Waals surface area (Å²) in [4.78, 5) is 2.72. The molecule has 2 heteroatoms. The molecule has 1 N–H and O–H groups in total. The summed E-state index contributed by atoms with van der Waals surface area (Å²) in [5.41, 5.74) is 0.560. The minimum atomic E-state index is 0.560. The van der Waals surface area contributed by atoms with Crippen molar-refractivity contribution in [3.05, 3.63) is 0 Å². The van der Waals surface area contributed by atoms with Crippen LogP contribution in [0.1, 0.15) is 72.1 Å². The average Bonchev–Trinajstić information content (AvgIpc) is 2.87. The summed E-state index contributed by atoms with van der Waals surface area (Å²) in [6, 6.07) is 0.844. The quantitative estimate of drug-likeness (QED) is 0.753. The lowest BCUT2D eigenvalue weighted by molar-refractivity contribution is 0.100. The highest BCUT2D eigenvalue weighted by Gasteiger charge is 2.36. The van der Waals surface area contributed by atoms with Crippen molar-refractivity contribution in [2.45, 2.75) is 78.2 Å².